The van der Waals surface area contributed by atoms with Gasteiger partial charge in [-0.2, -0.15) is 0 Å². The molecule has 1 aliphatic rings. The number of methoxy groups -OCH3 is 1. The Hall–Kier alpha value is -0.410. The molecule has 0 amide bonds. The van der Waals surface area contributed by atoms with E-state index in [9.17, 15) is 0 Å². The van der Waals surface area contributed by atoms with Crippen molar-refractivity contribution in [1.82, 2.24) is 0 Å². The zero-order valence-corrected chi connectivity index (χ0v) is 15.0. The van der Waals surface area contributed by atoms with Gasteiger partial charge in [0.1, 0.15) is 10.1 Å². The molecule has 110 valence electrons. The van der Waals surface area contributed by atoms with Gasteiger partial charge >= 0.3 is 0 Å². The van der Waals surface area contributed by atoms with Gasteiger partial charge in [-0.05, 0) is 51.3 Å². The molecule has 3 rings (SSSR count). The summed E-state index contributed by atoms with van der Waals surface area (Å²) in [6.45, 7) is 0. The molecule has 0 aromatic heterocycles. The van der Waals surface area contributed by atoms with Crippen LogP contribution in [0.15, 0.2) is 46.9 Å². The molecule has 2 atom stereocenters. The highest BCUT2D eigenvalue weighted by Gasteiger charge is 2.64. The second-order valence-corrected chi connectivity index (χ2v) is 7.78. The van der Waals surface area contributed by atoms with Crippen LogP contribution >= 0.6 is 50.7 Å². The van der Waals surface area contributed by atoms with E-state index in [1.54, 1.807) is 7.11 Å². The molecular formula is C16H12BrCl3O. The highest BCUT2D eigenvalue weighted by Crippen LogP contribution is 2.70. The van der Waals surface area contributed by atoms with E-state index in [1.165, 1.54) is 0 Å². The first-order valence-electron chi connectivity index (χ1n) is 6.42. The summed E-state index contributed by atoms with van der Waals surface area (Å²) in [5, 5.41) is 0.664. The van der Waals surface area contributed by atoms with E-state index in [2.05, 4.69) is 15.9 Å². The van der Waals surface area contributed by atoms with Crippen LogP contribution in [0.25, 0.3) is 0 Å². The normalized spacial score (nSPS) is 22.9. The van der Waals surface area contributed by atoms with Crippen molar-refractivity contribution in [3.8, 4) is 5.75 Å². The van der Waals surface area contributed by atoms with E-state index in [0.717, 1.165) is 21.3 Å². The lowest BCUT2D eigenvalue weighted by Gasteiger charge is -2.04. The second kappa shape index (κ2) is 5.66. The van der Waals surface area contributed by atoms with Crippen molar-refractivity contribution in [1.29, 1.82) is 0 Å². The van der Waals surface area contributed by atoms with Crippen molar-refractivity contribution < 1.29 is 4.74 Å². The second-order valence-electron chi connectivity index (χ2n) is 5.08. The minimum atomic E-state index is -0.800. The Morgan fingerprint density at radius 3 is 2.14 bits per heavy atom. The molecule has 1 nitrogen and oxygen atoms in total. The molecule has 1 fully saturated rings. The Bertz CT molecular complexity index is 670. The van der Waals surface area contributed by atoms with Gasteiger partial charge in [0.05, 0.1) is 12.1 Å². The lowest BCUT2D eigenvalue weighted by molar-refractivity contribution is 0.414. The fourth-order valence-corrected chi connectivity index (χ4v) is 3.99. The molecule has 0 bridgehead atoms. The van der Waals surface area contributed by atoms with Crippen molar-refractivity contribution in [2.45, 2.75) is 16.2 Å². The van der Waals surface area contributed by atoms with Gasteiger partial charge in [0, 0.05) is 16.3 Å². The lowest BCUT2D eigenvalue weighted by atomic mass is 10.0. The summed E-state index contributed by atoms with van der Waals surface area (Å²) in [7, 11) is 1.64. The summed E-state index contributed by atoms with van der Waals surface area (Å²) in [5.41, 5.74) is 2.15. The first-order valence-corrected chi connectivity index (χ1v) is 8.34. The third-order valence-corrected chi connectivity index (χ3v) is 6.00. The van der Waals surface area contributed by atoms with E-state index in [0.29, 0.717) is 5.02 Å². The molecule has 0 spiro atoms. The van der Waals surface area contributed by atoms with Gasteiger partial charge in [-0.1, -0.05) is 29.8 Å². The summed E-state index contributed by atoms with van der Waals surface area (Å²) in [6, 6.07) is 13.7. The fourth-order valence-electron chi connectivity index (χ4n) is 2.67. The van der Waals surface area contributed by atoms with Gasteiger partial charge in [0.2, 0.25) is 0 Å². The molecule has 0 unspecified atom stereocenters. The topological polar surface area (TPSA) is 9.23 Å². The number of hydrogen-bond acceptors (Lipinski definition) is 1. The van der Waals surface area contributed by atoms with Crippen LogP contribution in [0.4, 0.5) is 0 Å². The van der Waals surface area contributed by atoms with Crippen LogP contribution in [0.2, 0.25) is 5.02 Å². The molecule has 2 aromatic rings. The number of alkyl halides is 2. The van der Waals surface area contributed by atoms with Gasteiger partial charge in [0.15, 0.2) is 0 Å². The number of halogens is 4. The molecule has 0 saturated heterocycles. The van der Waals surface area contributed by atoms with Crippen LogP contribution in [-0.2, 0) is 0 Å². The van der Waals surface area contributed by atoms with Crippen LogP contribution in [0, 0.1) is 0 Å². The van der Waals surface area contributed by atoms with Gasteiger partial charge in [-0.3, -0.25) is 0 Å². The predicted molar refractivity (Wildman–Crippen MR) is 92.1 cm³/mol. The fraction of sp³-hybridized carbons (Fsp3) is 0.250. The first-order chi connectivity index (χ1) is 9.95. The minimum absolute atomic E-state index is 0.0415. The number of ether oxygens (including phenoxy) is 1. The number of hydrogen-bond donors (Lipinski definition) is 0. The molecule has 0 N–H and O–H groups in total. The molecule has 5 heteroatoms. The highest BCUT2D eigenvalue weighted by atomic mass is 79.9. The van der Waals surface area contributed by atoms with Gasteiger partial charge < -0.3 is 4.74 Å². The zero-order chi connectivity index (χ0) is 15.2. The Labute approximate surface area is 147 Å². The SMILES string of the molecule is COc1ccc([C@H]2[C@H](c3ccc(Br)c(Cl)c3)C2(Cl)Cl)cc1. The maximum absolute atomic E-state index is 6.49. The monoisotopic (exact) mass is 404 g/mol. The van der Waals surface area contributed by atoms with Crippen LogP contribution in [0.5, 0.6) is 5.75 Å². The summed E-state index contributed by atoms with van der Waals surface area (Å²) < 4.78 is 5.24. The van der Waals surface area contributed by atoms with E-state index >= 15 is 0 Å². The van der Waals surface area contributed by atoms with Crippen LogP contribution < -0.4 is 4.74 Å². The maximum atomic E-state index is 6.49. The summed E-state index contributed by atoms with van der Waals surface area (Å²) >= 11 is 22.5. The van der Waals surface area contributed by atoms with Crippen molar-refractivity contribution in [3.63, 3.8) is 0 Å². The molecule has 2 aromatic carbocycles. The summed E-state index contributed by atoms with van der Waals surface area (Å²) in [4.78, 5) is 0. The zero-order valence-electron chi connectivity index (χ0n) is 11.1. The third-order valence-electron chi connectivity index (χ3n) is 3.83. The van der Waals surface area contributed by atoms with E-state index in [-0.39, 0.29) is 11.8 Å². The standard InChI is InChI=1S/C16H12BrCl3O/c1-21-11-5-2-9(3-6-11)14-15(16(14,19)20)10-4-7-12(17)13(18)8-10/h2-8,14-15H,1H3/t14-,15-/m0/s1. The smallest absolute Gasteiger partial charge is 0.133 e. The van der Waals surface area contributed by atoms with Crippen LogP contribution in [0.1, 0.15) is 23.0 Å². The first kappa shape index (κ1) is 15.5. The summed E-state index contributed by atoms with van der Waals surface area (Å²) in [5.74, 6) is 0.918. The molecule has 0 radical (unpaired) electrons. The maximum Gasteiger partial charge on any atom is 0.133 e. The molecule has 1 saturated carbocycles. The Kier molecular flexibility index (Phi) is 4.17. The Morgan fingerprint density at radius 1 is 1.00 bits per heavy atom. The molecule has 0 aliphatic heterocycles. The average Bonchev–Trinajstić information content (AvgIpc) is 3.04. The van der Waals surface area contributed by atoms with Crippen molar-refractivity contribution in [3.05, 3.63) is 63.1 Å². The van der Waals surface area contributed by atoms with Crippen molar-refractivity contribution in [2.24, 2.45) is 0 Å². The number of benzene rings is 2. The van der Waals surface area contributed by atoms with E-state index < -0.39 is 4.33 Å². The molecule has 1 aliphatic carbocycles. The van der Waals surface area contributed by atoms with Crippen molar-refractivity contribution >= 4 is 50.7 Å². The van der Waals surface area contributed by atoms with Gasteiger partial charge in [0.25, 0.3) is 0 Å². The van der Waals surface area contributed by atoms with Gasteiger partial charge in [-0.15, -0.1) is 23.2 Å². The van der Waals surface area contributed by atoms with Crippen LogP contribution in [0.3, 0.4) is 0 Å². The lowest BCUT2D eigenvalue weighted by Crippen LogP contribution is -1.91. The molecular weight excluding hydrogens is 394 g/mol. The quantitative estimate of drug-likeness (QED) is 0.554. The van der Waals surface area contributed by atoms with Crippen LogP contribution in [-0.4, -0.2) is 11.4 Å². The third kappa shape index (κ3) is 2.79. The average molecular weight is 407 g/mol. The van der Waals surface area contributed by atoms with Gasteiger partial charge in [-0.25, -0.2) is 0 Å². The molecule has 21 heavy (non-hydrogen) atoms. The summed E-state index contributed by atoms with van der Waals surface area (Å²) in [6.07, 6.45) is 0. The predicted octanol–water partition coefficient (Wildman–Crippen LogP) is 6.17. The minimum Gasteiger partial charge on any atom is -0.497 e. The van der Waals surface area contributed by atoms with E-state index in [4.69, 9.17) is 39.5 Å². The van der Waals surface area contributed by atoms with E-state index in [1.807, 2.05) is 42.5 Å². The highest BCUT2D eigenvalue weighted by molar-refractivity contribution is 9.10. The van der Waals surface area contributed by atoms with Crippen molar-refractivity contribution in [2.75, 3.05) is 7.11 Å². The molecule has 0 heterocycles. The Balaban J connectivity index is 1.91. The number of rotatable bonds is 3. The largest absolute Gasteiger partial charge is 0.497 e. The Morgan fingerprint density at radius 2 is 1.57 bits per heavy atom.